The van der Waals surface area contributed by atoms with Crippen molar-refractivity contribution in [1.82, 2.24) is 20.9 Å². The van der Waals surface area contributed by atoms with Crippen LogP contribution in [0.4, 0.5) is 4.79 Å². The molecule has 2 rings (SSSR count). The van der Waals surface area contributed by atoms with E-state index in [2.05, 4.69) is 20.9 Å². The van der Waals surface area contributed by atoms with Crippen molar-refractivity contribution in [2.24, 2.45) is 5.92 Å². The third-order valence-corrected chi connectivity index (χ3v) is 5.01. The van der Waals surface area contributed by atoms with Gasteiger partial charge in [0.1, 0.15) is 0 Å². The molecule has 22 heavy (non-hydrogen) atoms. The van der Waals surface area contributed by atoms with Crippen molar-refractivity contribution in [3.8, 4) is 0 Å². The highest BCUT2D eigenvalue weighted by atomic mass is 32.1. The molecule has 0 unspecified atom stereocenters. The smallest absolute Gasteiger partial charge is 0.315 e. The summed E-state index contributed by atoms with van der Waals surface area (Å²) >= 11 is 1.63. The van der Waals surface area contributed by atoms with Crippen LogP contribution in [0.1, 0.15) is 41.3 Å². The van der Waals surface area contributed by atoms with Crippen LogP contribution in [0.15, 0.2) is 0 Å². The molecule has 7 heteroatoms. The number of thiazole rings is 1. The first-order chi connectivity index (χ1) is 10.5. The first-order valence-electron chi connectivity index (χ1n) is 7.70. The van der Waals surface area contributed by atoms with Crippen molar-refractivity contribution in [2.45, 2.75) is 52.1 Å². The number of nitrogens with zero attached hydrogens (tertiary/aromatic N) is 1. The average molecular weight is 324 g/mol. The highest BCUT2D eigenvalue weighted by Crippen LogP contribution is 2.24. The van der Waals surface area contributed by atoms with Gasteiger partial charge >= 0.3 is 6.03 Å². The second-order valence-corrected chi connectivity index (χ2v) is 7.08. The molecule has 1 aromatic heterocycles. The quantitative estimate of drug-likeness (QED) is 0.790. The highest BCUT2D eigenvalue weighted by Gasteiger charge is 2.31. The van der Waals surface area contributed by atoms with Crippen LogP contribution in [0.3, 0.4) is 0 Å². The van der Waals surface area contributed by atoms with Gasteiger partial charge in [0.2, 0.25) is 5.91 Å². The van der Waals surface area contributed by atoms with Crippen LogP contribution in [0.25, 0.3) is 0 Å². The standard InChI is InChI=1S/C15H24N4O2S/c1-9-13(18-10(2)22-9)8-17-15(21)19-12-7-5-4-6-11(12)14(20)16-3/h11-12H,4-8H2,1-3H3,(H,16,20)(H2,17,19,21)/t11-,12-/m0/s1. The van der Waals surface area contributed by atoms with Gasteiger partial charge in [-0.1, -0.05) is 12.8 Å². The minimum Gasteiger partial charge on any atom is -0.359 e. The van der Waals surface area contributed by atoms with Crippen LogP contribution < -0.4 is 16.0 Å². The fourth-order valence-electron chi connectivity index (χ4n) is 2.92. The largest absolute Gasteiger partial charge is 0.359 e. The molecule has 1 fully saturated rings. The lowest BCUT2D eigenvalue weighted by Crippen LogP contribution is -2.50. The Bertz CT molecular complexity index is 544. The van der Waals surface area contributed by atoms with Crippen molar-refractivity contribution in [1.29, 1.82) is 0 Å². The molecule has 6 nitrogen and oxygen atoms in total. The number of carbonyl (C=O) groups excluding carboxylic acids is 2. The van der Waals surface area contributed by atoms with Crippen molar-refractivity contribution < 1.29 is 9.59 Å². The molecule has 3 amide bonds. The van der Waals surface area contributed by atoms with Crippen molar-refractivity contribution in [3.05, 3.63) is 15.6 Å². The Hall–Kier alpha value is -1.63. The lowest BCUT2D eigenvalue weighted by atomic mass is 9.84. The summed E-state index contributed by atoms with van der Waals surface area (Å²) in [6.07, 6.45) is 3.76. The van der Waals surface area contributed by atoms with Gasteiger partial charge in [-0.25, -0.2) is 9.78 Å². The summed E-state index contributed by atoms with van der Waals surface area (Å²) < 4.78 is 0. The number of urea groups is 1. The third-order valence-electron chi connectivity index (χ3n) is 4.08. The second kappa shape index (κ2) is 7.58. The molecular weight excluding hydrogens is 300 g/mol. The number of aromatic nitrogens is 1. The van der Waals surface area contributed by atoms with E-state index < -0.39 is 0 Å². The van der Waals surface area contributed by atoms with Gasteiger partial charge in [0.05, 0.1) is 23.2 Å². The lowest BCUT2D eigenvalue weighted by Gasteiger charge is -2.30. The summed E-state index contributed by atoms with van der Waals surface area (Å²) in [5, 5.41) is 9.47. The van der Waals surface area contributed by atoms with E-state index in [1.165, 1.54) is 0 Å². The molecule has 122 valence electrons. The summed E-state index contributed by atoms with van der Waals surface area (Å²) in [5.74, 6) is -0.122. The van der Waals surface area contributed by atoms with Crippen LogP contribution in [0.5, 0.6) is 0 Å². The van der Waals surface area contributed by atoms with Crippen LogP contribution in [0.2, 0.25) is 0 Å². The third kappa shape index (κ3) is 4.19. The zero-order chi connectivity index (χ0) is 16.1. The van der Waals surface area contributed by atoms with E-state index in [9.17, 15) is 9.59 Å². The van der Waals surface area contributed by atoms with Crippen LogP contribution in [-0.4, -0.2) is 30.0 Å². The fourth-order valence-corrected chi connectivity index (χ4v) is 3.76. The van der Waals surface area contributed by atoms with E-state index in [0.29, 0.717) is 6.54 Å². The Labute approximate surface area is 135 Å². The molecule has 1 aromatic rings. The van der Waals surface area contributed by atoms with Crippen molar-refractivity contribution in [2.75, 3.05) is 7.05 Å². The van der Waals surface area contributed by atoms with Gasteiger partial charge in [-0.2, -0.15) is 0 Å². The first-order valence-corrected chi connectivity index (χ1v) is 8.51. The van der Waals surface area contributed by atoms with Crippen LogP contribution in [-0.2, 0) is 11.3 Å². The maximum absolute atomic E-state index is 12.1. The molecule has 1 saturated carbocycles. The molecule has 0 aromatic carbocycles. The predicted molar refractivity (Wildman–Crippen MR) is 86.8 cm³/mol. The lowest BCUT2D eigenvalue weighted by molar-refractivity contribution is -0.126. The van der Waals surface area contributed by atoms with E-state index in [1.807, 2.05) is 13.8 Å². The fraction of sp³-hybridized carbons (Fsp3) is 0.667. The van der Waals surface area contributed by atoms with E-state index in [0.717, 1.165) is 41.3 Å². The SMILES string of the molecule is CNC(=O)[C@H]1CCCC[C@@H]1NC(=O)NCc1nc(C)sc1C. The van der Waals surface area contributed by atoms with E-state index in [-0.39, 0.29) is 23.9 Å². The Kier molecular flexibility index (Phi) is 5.76. The topological polar surface area (TPSA) is 83.1 Å². The summed E-state index contributed by atoms with van der Waals surface area (Å²) in [7, 11) is 1.64. The van der Waals surface area contributed by atoms with E-state index >= 15 is 0 Å². The van der Waals surface area contributed by atoms with Gasteiger partial charge in [0, 0.05) is 18.0 Å². The first kappa shape index (κ1) is 16.7. The van der Waals surface area contributed by atoms with Gasteiger partial charge in [-0.05, 0) is 26.7 Å². The number of carbonyl (C=O) groups is 2. The van der Waals surface area contributed by atoms with Crippen LogP contribution in [0, 0.1) is 19.8 Å². The van der Waals surface area contributed by atoms with E-state index in [4.69, 9.17) is 0 Å². The zero-order valence-electron chi connectivity index (χ0n) is 13.4. The molecule has 0 radical (unpaired) electrons. The summed E-state index contributed by atoms with van der Waals surface area (Å²) in [5.41, 5.74) is 0.907. The Balaban J connectivity index is 1.87. The molecular formula is C15H24N4O2S. The molecule has 1 aliphatic rings. The molecule has 0 bridgehead atoms. The van der Waals surface area contributed by atoms with Crippen molar-refractivity contribution >= 4 is 23.3 Å². The monoisotopic (exact) mass is 324 g/mol. The number of amides is 3. The summed E-state index contributed by atoms with van der Waals surface area (Å²) in [6, 6.07) is -0.321. The molecule has 1 aliphatic carbocycles. The van der Waals surface area contributed by atoms with Gasteiger partial charge in [0.25, 0.3) is 0 Å². The summed E-state index contributed by atoms with van der Waals surface area (Å²) in [6.45, 7) is 4.37. The number of aryl methyl sites for hydroxylation is 2. The number of hydrogen-bond acceptors (Lipinski definition) is 4. The Morgan fingerprint density at radius 1 is 1.27 bits per heavy atom. The second-order valence-electron chi connectivity index (χ2n) is 5.67. The van der Waals surface area contributed by atoms with Gasteiger partial charge < -0.3 is 16.0 Å². The summed E-state index contributed by atoms with van der Waals surface area (Å²) in [4.78, 5) is 29.5. The number of rotatable bonds is 4. The zero-order valence-corrected chi connectivity index (χ0v) is 14.2. The predicted octanol–water partition coefficient (Wildman–Crippen LogP) is 1.86. The van der Waals surface area contributed by atoms with E-state index in [1.54, 1.807) is 18.4 Å². The number of hydrogen-bond donors (Lipinski definition) is 3. The van der Waals surface area contributed by atoms with Gasteiger partial charge in [0.15, 0.2) is 0 Å². The molecule has 0 saturated heterocycles. The van der Waals surface area contributed by atoms with Gasteiger partial charge in [-0.15, -0.1) is 11.3 Å². The molecule has 1 heterocycles. The Morgan fingerprint density at radius 3 is 2.64 bits per heavy atom. The Morgan fingerprint density at radius 2 is 2.00 bits per heavy atom. The van der Waals surface area contributed by atoms with Crippen LogP contribution >= 0.6 is 11.3 Å². The molecule has 3 N–H and O–H groups in total. The molecule has 0 spiro atoms. The molecule has 0 aliphatic heterocycles. The highest BCUT2D eigenvalue weighted by molar-refractivity contribution is 7.11. The molecule has 2 atom stereocenters. The van der Waals surface area contributed by atoms with Crippen molar-refractivity contribution in [3.63, 3.8) is 0 Å². The normalized spacial score (nSPS) is 21.2. The van der Waals surface area contributed by atoms with Gasteiger partial charge in [-0.3, -0.25) is 4.79 Å². The minimum atomic E-state index is -0.231. The maximum atomic E-state index is 12.1. The maximum Gasteiger partial charge on any atom is 0.315 e. The number of nitrogens with one attached hydrogen (secondary N) is 3. The minimum absolute atomic E-state index is 0.0102. The average Bonchev–Trinajstić information content (AvgIpc) is 2.83.